The molecule has 2 N–H and O–H groups in total. The van der Waals surface area contributed by atoms with E-state index < -0.39 is 0 Å². The topological polar surface area (TPSA) is 61.4 Å². The first-order valence-electron chi connectivity index (χ1n) is 10.3. The Morgan fingerprint density at radius 2 is 1.73 bits per heavy atom. The minimum atomic E-state index is -0.240. The summed E-state index contributed by atoms with van der Waals surface area (Å²) in [6.45, 7) is 3.21. The van der Waals surface area contributed by atoms with Crippen LogP contribution < -0.4 is 10.6 Å². The number of nitrogens with zero attached hydrogens (tertiary/aromatic N) is 1. The molecule has 4 rings (SSSR count). The van der Waals surface area contributed by atoms with Crippen LogP contribution >= 0.6 is 0 Å². The van der Waals surface area contributed by atoms with Crippen LogP contribution in [0.3, 0.4) is 0 Å². The van der Waals surface area contributed by atoms with Gasteiger partial charge < -0.3 is 15.5 Å². The molecule has 3 aromatic rings. The molecule has 0 saturated heterocycles. The molecule has 1 aliphatic heterocycles. The molecule has 5 heteroatoms. The maximum atomic E-state index is 12.8. The van der Waals surface area contributed by atoms with Gasteiger partial charge in [-0.2, -0.15) is 0 Å². The SMILES string of the molecule is CCCN1C(=O)c2ccccc2[C@@H]1Nc1cccc(C(=O)NCc2ccccc2)c1. The van der Waals surface area contributed by atoms with Crippen LogP contribution in [-0.4, -0.2) is 23.3 Å². The zero-order valence-electron chi connectivity index (χ0n) is 17.0. The number of rotatable bonds is 7. The molecule has 1 atom stereocenters. The van der Waals surface area contributed by atoms with Gasteiger partial charge in [0.2, 0.25) is 0 Å². The molecule has 1 heterocycles. The van der Waals surface area contributed by atoms with Crippen LogP contribution in [0, 0.1) is 0 Å². The summed E-state index contributed by atoms with van der Waals surface area (Å²) in [4.78, 5) is 27.3. The van der Waals surface area contributed by atoms with E-state index in [1.807, 2.05) is 77.7 Å². The van der Waals surface area contributed by atoms with E-state index in [4.69, 9.17) is 0 Å². The molecular formula is C25H25N3O2. The molecule has 0 spiro atoms. The lowest BCUT2D eigenvalue weighted by molar-refractivity contribution is 0.0742. The number of hydrogen-bond acceptors (Lipinski definition) is 3. The Hall–Kier alpha value is -3.60. The van der Waals surface area contributed by atoms with Crippen molar-refractivity contribution >= 4 is 17.5 Å². The maximum absolute atomic E-state index is 12.8. The number of fused-ring (bicyclic) bond motifs is 1. The number of hydrogen-bond donors (Lipinski definition) is 2. The Morgan fingerprint density at radius 1 is 0.967 bits per heavy atom. The van der Waals surface area contributed by atoms with Crippen LogP contribution in [0.4, 0.5) is 5.69 Å². The average Bonchev–Trinajstić information content (AvgIpc) is 3.05. The Balaban J connectivity index is 1.51. The maximum Gasteiger partial charge on any atom is 0.256 e. The van der Waals surface area contributed by atoms with Gasteiger partial charge in [0.05, 0.1) is 0 Å². The fourth-order valence-corrected chi connectivity index (χ4v) is 3.79. The first-order valence-corrected chi connectivity index (χ1v) is 10.3. The van der Waals surface area contributed by atoms with E-state index in [1.165, 1.54) is 0 Å². The second-order valence-electron chi connectivity index (χ2n) is 7.38. The third kappa shape index (κ3) is 4.06. The molecule has 30 heavy (non-hydrogen) atoms. The highest BCUT2D eigenvalue weighted by molar-refractivity contribution is 5.99. The fourth-order valence-electron chi connectivity index (χ4n) is 3.79. The summed E-state index contributed by atoms with van der Waals surface area (Å²) in [5, 5.41) is 6.41. The van der Waals surface area contributed by atoms with Crippen LogP contribution in [0.5, 0.6) is 0 Å². The predicted molar refractivity (Wildman–Crippen MR) is 118 cm³/mol. The Kier molecular flexibility index (Phi) is 5.80. The van der Waals surface area contributed by atoms with Crippen molar-refractivity contribution in [1.29, 1.82) is 0 Å². The normalized spacial score (nSPS) is 15.0. The lowest BCUT2D eigenvalue weighted by atomic mass is 10.1. The van der Waals surface area contributed by atoms with Gasteiger partial charge in [0.25, 0.3) is 11.8 Å². The van der Waals surface area contributed by atoms with Crippen molar-refractivity contribution in [3.05, 3.63) is 101 Å². The van der Waals surface area contributed by atoms with Crippen molar-refractivity contribution < 1.29 is 9.59 Å². The highest BCUT2D eigenvalue weighted by Crippen LogP contribution is 2.34. The number of anilines is 1. The minimum absolute atomic E-state index is 0.0432. The highest BCUT2D eigenvalue weighted by atomic mass is 16.2. The van der Waals surface area contributed by atoms with Gasteiger partial charge in [0.15, 0.2) is 0 Å². The molecule has 0 saturated carbocycles. The Labute approximate surface area is 176 Å². The molecular weight excluding hydrogens is 374 g/mol. The number of benzene rings is 3. The summed E-state index contributed by atoms with van der Waals surface area (Å²) in [6, 6.07) is 24.9. The first-order chi connectivity index (χ1) is 14.7. The van der Waals surface area contributed by atoms with E-state index in [-0.39, 0.29) is 18.0 Å². The average molecular weight is 399 g/mol. The molecule has 0 aromatic heterocycles. The molecule has 1 aliphatic rings. The predicted octanol–water partition coefficient (Wildman–Crippen LogP) is 4.59. The van der Waals surface area contributed by atoms with Crippen LogP contribution in [0.1, 0.15) is 51.4 Å². The van der Waals surface area contributed by atoms with Gasteiger partial charge in [-0.1, -0.05) is 61.5 Å². The minimum Gasteiger partial charge on any atom is -0.361 e. The third-order valence-electron chi connectivity index (χ3n) is 5.25. The van der Waals surface area contributed by atoms with E-state index in [0.717, 1.165) is 28.8 Å². The first kappa shape index (κ1) is 19.7. The molecule has 0 fully saturated rings. The summed E-state index contributed by atoms with van der Waals surface area (Å²) in [6.07, 6.45) is 0.635. The third-order valence-corrected chi connectivity index (χ3v) is 5.25. The second-order valence-corrected chi connectivity index (χ2v) is 7.38. The molecule has 0 aliphatic carbocycles. The lowest BCUT2D eigenvalue weighted by Gasteiger charge is -2.27. The van der Waals surface area contributed by atoms with Gasteiger partial charge in [0.1, 0.15) is 6.17 Å². The summed E-state index contributed by atoms with van der Waals surface area (Å²) < 4.78 is 0. The van der Waals surface area contributed by atoms with Gasteiger partial charge in [-0.25, -0.2) is 0 Å². The summed E-state index contributed by atoms with van der Waals surface area (Å²) >= 11 is 0. The van der Waals surface area contributed by atoms with Crippen molar-refractivity contribution in [2.45, 2.75) is 26.1 Å². The van der Waals surface area contributed by atoms with E-state index >= 15 is 0 Å². The monoisotopic (exact) mass is 399 g/mol. The van der Waals surface area contributed by atoms with Gasteiger partial charge in [0, 0.05) is 35.5 Å². The van der Waals surface area contributed by atoms with E-state index in [1.54, 1.807) is 6.07 Å². The van der Waals surface area contributed by atoms with Crippen molar-refractivity contribution in [3.8, 4) is 0 Å². The number of carbonyl (C=O) groups is 2. The van der Waals surface area contributed by atoms with Gasteiger partial charge in [-0.15, -0.1) is 0 Å². The van der Waals surface area contributed by atoms with Crippen LogP contribution in [-0.2, 0) is 6.54 Å². The zero-order chi connectivity index (χ0) is 20.9. The van der Waals surface area contributed by atoms with Gasteiger partial charge in [-0.05, 0) is 36.2 Å². The van der Waals surface area contributed by atoms with Crippen molar-refractivity contribution in [1.82, 2.24) is 10.2 Å². The van der Waals surface area contributed by atoms with Crippen LogP contribution in [0.15, 0.2) is 78.9 Å². The van der Waals surface area contributed by atoms with Crippen LogP contribution in [0.25, 0.3) is 0 Å². The number of carbonyl (C=O) groups excluding carboxylic acids is 2. The van der Waals surface area contributed by atoms with Crippen LogP contribution in [0.2, 0.25) is 0 Å². The van der Waals surface area contributed by atoms with Gasteiger partial charge >= 0.3 is 0 Å². The summed E-state index contributed by atoms with van der Waals surface area (Å²) in [5.41, 5.74) is 4.14. The Morgan fingerprint density at radius 3 is 2.53 bits per heavy atom. The van der Waals surface area contributed by atoms with E-state index in [9.17, 15) is 9.59 Å². The quantitative estimate of drug-likeness (QED) is 0.611. The molecule has 3 aromatic carbocycles. The zero-order valence-corrected chi connectivity index (χ0v) is 17.0. The molecule has 0 bridgehead atoms. The summed E-state index contributed by atoms with van der Waals surface area (Å²) in [5.74, 6) is -0.0856. The van der Waals surface area contributed by atoms with Gasteiger partial charge in [-0.3, -0.25) is 9.59 Å². The van der Waals surface area contributed by atoms with Crippen molar-refractivity contribution in [2.24, 2.45) is 0 Å². The Bertz CT molecular complexity index is 1050. The fraction of sp³-hybridized carbons (Fsp3) is 0.200. The number of nitrogens with one attached hydrogen (secondary N) is 2. The molecule has 152 valence electrons. The standard InChI is InChI=1S/C25H25N3O2/c1-2-15-28-23(21-13-6-7-14-22(21)25(28)30)27-20-12-8-11-19(16-20)24(29)26-17-18-9-4-3-5-10-18/h3-14,16,23,27H,2,15,17H2,1H3,(H,26,29)/t23-/m1/s1. The second kappa shape index (κ2) is 8.82. The van der Waals surface area contributed by atoms with Crippen molar-refractivity contribution in [3.63, 3.8) is 0 Å². The summed E-state index contributed by atoms with van der Waals surface area (Å²) in [7, 11) is 0. The number of amides is 2. The van der Waals surface area contributed by atoms with Crippen molar-refractivity contribution in [2.75, 3.05) is 11.9 Å². The molecule has 5 nitrogen and oxygen atoms in total. The highest BCUT2D eigenvalue weighted by Gasteiger charge is 2.35. The van der Waals surface area contributed by atoms with E-state index in [0.29, 0.717) is 18.7 Å². The molecule has 0 radical (unpaired) electrons. The molecule has 2 amide bonds. The lowest BCUT2D eigenvalue weighted by Crippen LogP contribution is -2.33. The smallest absolute Gasteiger partial charge is 0.256 e. The van der Waals surface area contributed by atoms with E-state index in [2.05, 4.69) is 17.6 Å². The molecule has 0 unspecified atom stereocenters. The largest absolute Gasteiger partial charge is 0.361 e.